The van der Waals surface area contributed by atoms with Gasteiger partial charge in [0, 0.05) is 33.7 Å². The summed E-state index contributed by atoms with van der Waals surface area (Å²) in [6, 6.07) is 55.7. The van der Waals surface area contributed by atoms with E-state index in [1.54, 1.807) is 0 Å². The minimum absolute atomic E-state index is 0.0749. The van der Waals surface area contributed by atoms with E-state index in [0.717, 1.165) is 56.3 Å². The fraction of sp³-hybridized carbons (Fsp3) is 0. The second-order valence-corrected chi connectivity index (χ2v) is 12.0. The zero-order chi connectivity index (χ0) is 30.2. The number of fused-ring (bicyclic) bond motifs is 11. The number of ether oxygens (including phenoxy) is 2. The summed E-state index contributed by atoms with van der Waals surface area (Å²) >= 11 is 0. The highest BCUT2D eigenvalue weighted by Gasteiger charge is 2.43. The van der Waals surface area contributed by atoms with Gasteiger partial charge in [-0.3, -0.25) is 0 Å². The first-order valence-corrected chi connectivity index (χ1v) is 15.7. The van der Waals surface area contributed by atoms with Gasteiger partial charge in [0.05, 0.1) is 5.69 Å². The molecule has 0 fully saturated rings. The van der Waals surface area contributed by atoms with Crippen molar-refractivity contribution in [2.24, 2.45) is 0 Å². The standard InChI is InChI=1S/C42H26BNO2/c1-3-14-27(15-4-1)44(28-16-5-2-6-17-28)35-26-38-39(33-22-11-9-20-31(33)35)43-40-32-21-10-7-18-29(32)30-19-8-12-23-34(30)42(40)46-37-25-13-24-36(45-38)41(37)43/h1-26H. The normalized spacial score (nSPS) is 12.7. The van der Waals surface area contributed by atoms with Crippen molar-refractivity contribution in [2.75, 3.05) is 4.90 Å². The Kier molecular flexibility index (Phi) is 5.37. The molecule has 2 aliphatic rings. The Balaban J connectivity index is 1.33. The molecule has 0 bridgehead atoms. The zero-order valence-electron chi connectivity index (χ0n) is 24.9. The molecule has 214 valence electrons. The maximum Gasteiger partial charge on any atom is 0.262 e. The van der Waals surface area contributed by atoms with E-state index in [0.29, 0.717) is 0 Å². The van der Waals surface area contributed by atoms with Crippen molar-refractivity contribution in [3.05, 3.63) is 158 Å². The molecule has 8 aromatic carbocycles. The lowest BCUT2D eigenvalue weighted by atomic mass is 9.33. The van der Waals surface area contributed by atoms with Gasteiger partial charge in [0.25, 0.3) is 6.71 Å². The van der Waals surface area contributed by atoms with Gasteiger partial charge in [0.1, 0.15) is 23.0 Å². The molecule has 2 heterocycles. The van der Waals surface area contributed by atoms with Crippen LogP contribution in [0.25, 0.3) is 32.3 Å². The van der Waals surface area contributed by atoms with Crippen LogP contribution in [0.1, 0.15) is 0 Å². The molecule has 0 spiro atoms. The Morgan fingerprint density at radius 3 is 1.52 bits per heavy atom. The van der Waals surface area contributed by atoms with Gasteiger partial charge in [0.15, 0.2) is 0 Å². The first-order chi connectivity index (χ1) is 22.8. The van der Waals surface area contributed by atoms with Crippen LogP contribution in [0.3, 0.4) is 0 Å². The number of para-hydroxylation sites is 2. The lowest BCUT2D eigenvalue weighted by molar-refractivity contribution is 0.468. The molecule has 0 unspecified atom stereocenters. The van der Waals surface area contributed by atoms with Crippen molar-refractivity contribution in [3.8, 4) is 23.0 Å². The molecule has 0 aromatic heterocycles. The van der Waals surface area contributed by atoms with E-state index in [-0.39, 0.29) is 6.71 Å². The first kappa shape index (κ1) is 25.3. The summed E-state index contributed by atoms with van der Waals surface area (Å²) in [7, 11) is 0. The molecule has 46 heavy (non-hydrogen) atoms. The zero-order valence-corrected chi connectivity index (χ0v) is 24.9. The predicted molar refractivity (Wildman–Crippen MR) is 191 cm³/mol. The monoisotopic (exact) mass is 587 g/mol. The van der Waals surface area contributed by atoms with E-state index in [1.165, 1.54) is 32.5 Å². The highest BCUT2D eigenvalue weighted by Crippen LogP contribution is 2.45. The van der Waals surface area contributed by atoms with E-state index < -0.39 is 0 Å². The number of hydrogen-bond acceptors (Lipinski definition) is 3. The first-order valence-electron chi connectivity index (χ1n) is 15.7. The van der Waals surface area contributed by atoms with Crippen LogP contribution in [-0.4, -0.2) is 6.71 Å². The number of anilines is 3. The van der Waals surface area contributed by atoms with E-state index in [4.69, 9.17) is 9.47 Å². The lowest BCUT2D eigenvalue weighted by Gasteiger charge is -2.36. The van der Waals surface area contributed by atoms with Crippen molar-refractivity contribution in [1.29, 1.82) is 0 Å². The van der Waals surface area contributed by atoms with Crippen LogP contribution in [0.5, 0.6) is 23.0 Å². The molecular formula is C42H26BNO2. The largest absolute Gasteiger partial charge is 0.458 e. The van der Waals surface area contributed by atoms with Crippen molar-refractivity contribution < 1.29 is 9.47 Å². The summed E-state index contributed by atoms with van der Waals surface area (Å²) in [5.74, 6) is 3.49. The average molecular weight is 587 g/mol. The molecule has 3 nitrogen and oxygen atoms in total. The van der Waals surface area contributed by atoms with E-state index in [2.05, 4.69) is 157 Å². The number of hydrogen-bond donors (Lipinski definition) is 0. The quantitative estimate of drug-likeness (QED) is 0.152. The Hall–Kier alpha value is -6.00. The topological polar surface area (TPSA) is 21.7 Å². The Morgan fingerprint density at radius 1 is 0.370 bits per heavy atom. The molecule has 0 saturated carbocycles. The summed E-state index contributed by atoms with van der Waals surface area (Å²) in [6.45, 7) is -0.0749. The van der Waals surface area contributed by atoms with Crippen LogP contribution in [-0.2, 0) is 0 Å². The van der Waals surface area contributed by atoms with Gasteiger partial charge in [-0.1, -0.05) is 115 Å². The number of nitrogens with zero attached hydrogens (tertiary/aromatic N) is 1. The second kappa shape index (κ2) is 9.75. The molecule has 0 radical (unpaired) electrons. The molecule has 0 aliphatic carbocycles. The molecule has 8 aromatic rings. The van der Waals surface area contributed by atoms with Crippen LogP contribution >= 0.6 is 0 Å². The van der Waals surface area contributed by atoms with Gasteiger partial charge in [-0.25, -0.2) is 0 Å². The Morgan fingerprint density at radius 2 is 0.870 bits per heavy atom. The SMILES string of the molecule is c1ccc(N(c2ccccc2)c2cc3c(c4ccccc24)B2c4c(cccc4Oc4c2c2ccccc2c2ccccc42)O3)cc1. The van der Waals surface area contributed by atoms with Gasteiger partial charge in [0.2, 0.25) is 0 Å². The van der Waals surface area contributed by atoms with Gasteiger partial charge < -0.3 is 14.4 Å². The molecule has 0 N–H and O–H groups in total. The average Bonchev–Trinajstić information content (AvgIpc) is 3.12. The van der Waals surface area contributed by atoms with Crippen LogP contribution in [0.4, 0.5) is 17.1 Å². The Bertz CT molecular complexity index is 2450. The molecule has 0 saturated heterocycles. The fourth-order valence-electron chi connectivity index (χ4n) is 7.68. The maximum atomic E-state index is 6.90. The van der Waals surface area contributed by atoms with Gasteiger partial charge in [-0.2, -0.15) is 0 Å². The van der Waals surface area contributed by atoms with E-state index >= 15 is 0 Å². The van der Waals surface area contributed by atoms with E-state index in [1.807, 2.05) is 6.07 Å². The number of benzene rings is 8. The lowest BCUT2D eigenvalue weighted by Crippen LogP contribution is -2.58. The van der Waals surface area contributed by atoms with Crippen LogP contribution in [0.15, 0.2) is 158 Å². The smallest absolute Gasteiger partial charge is 0.262 e. The Labute approximate surface area is 267 Å². The van der Waals surface area contributed by atoms with Crippen LogP contribution in [0, 0.1) is 0 Å². The van der Waals surface area contributed by atoms with Crippen LogP contribution < -0.4 is 30.8 Å². The third kappa shape index (κ3) is 3.55. The molecule has 4 heteroatoms. The summed E-state index contributed by atoms with van der Waals surface area (Å²) in [5.41, 5.74) is 6.70. The minimum atomic E-state index is -0.0749. The molecular weight excluding hydrogens is 561 g/mol. The molecule has 2 aliphatic heterocycles. The minimum Gasteiger partial charge on any atom is -0.458 e. The summed E-state index contributed by atoms with van der Waals surface area (Å²) < 4.78 is 13.8. The van der Waals surface area contributed by atoms with Gasteiger partial charge in [-0.15, -0.1) is 0 Å². The summed E-state index contributed by atoms with van der Waals surface area (Å²) in [6.07, 6.45) is 0. The van der Waals surface area contributed by atoms with Crippen LogP contribution in [0.2, 0.25) is 0 Å². The second-order valence-electron chi connectivity index (χ2n) is 12.0. The number of rotatable bonds is 3. The maximum absolute atomic E-state index is 6.90. The fourth-order valence-corrected chi connectivity index (χ4v) is 7.68. The highest BCUT2D eigenvalue weighted by atomic mass is 16.5. The van der Waals surface area contributed by atoms with Crippen molar-refractivity contribution in [2.45, 2.75) is 0 Å². The molecule has 0 amide bonds. The predicted octanol–water partition coefficient (Wildman–Crippen LogP) is 9.34. The molecule has 10 rings (SSSR count). The van der Waals surface area contributed by atoms with Crippen molar-refractivity contribution in [3.63, 3.8) is 0 Å². The molecule has 0 atom stereocenters. The van der Waals surface area contributed by atoms with Crippen molar-refractivity contribution >= 4 is 72.5 Å². The summed E-state index contributed by atoms with van der Waals surface area (Å²) in [5, 5.41) is 7.09. The third-order valence-electron chi connectivity index (χ3n) is 9.54. The summed E-state index contributed by atoms with van der Waals surface area (Å²) in [4.78, 5) is 2.33. The van der Waals surface area contributed by atoms with E-state index in [9.17, 15) is 0 Å². The third-order valence-corrected chi connectivity index (χ3v) is 9.54. The van der Waals surface area contributed by atoms with Crippen molar-refractivity contribution in [1.82, 2.24) is 0 Å². The van der Waals surface area contributed by atoms with Gasteiger partial charge >= 0.3 is 0 Å². The highest BCUT2D eigenvalue weighted by molar-refractivity contribution is 7.01. The van der Waals surface area contributed by atoms with Gasteiger partial charge in [-0.05, 0) is 68.9 Å².